The Morgan fingerprint density at radius 2 is 1.86 bits per heavy atom. The van der Waals surface area contributed by atoms with Gasteiger partial charge < -0.3 is 19.0 Å². The van der Waals surface area contributed by atoms with E-state index < -0.39 is 12.1 Å². The molecule has 8 nitrogen and oxygen atoms in total. The first-order valence-electron chi connectivity index (χ1n) is 7.09. The van der Waals surface area contributed by atoms with Crippen molar-refractivity contribution in [2.45, 2.75) is 6.04 Å². The summed E-state index contributed by atoms with van der Waals surface area (Å²) < 4.78 is 9.96. The van der Waals surface area contributed by atoms with Gasteiger partial charge in [-0.1, -0.05) is 0 Å². The van der Waals surface area contributed by atoms with Crippen molar-refractivity contribution >= 4 is 17.9 Å². The van der Waals surface area contributed by atoms with E-state index in [9.17, 15) is 14.4 Å². The number of carbonyl (C=O) groups excluding carboxylic acids is 3. The van der Waals surface area contributed by atoms with Gasteiger partial charge in [0, 0.05) is 33.2 Å². The molecule has 1 aromatic heterocycles. The van der Waals surface area contributed by atoms with Crippen molar-refractivity contribution < 1.29 is 23.5 Å². The van der Waals surface area contributed by atoms with E-state index in [0.29, 0.717) is 31.9 Å². The largest absolute Gasteiger partial charge is 0.459 e. The molecule has 0 bridgehead atoms. The fourth-order valence-electron chi connectivity index (χ4n) is 2.62. The van der Waals surface area contributed by atoms with Crippen LogP contribution in [0.4, 0.5) is 4.79 Å². The van der Waals surface area contributed by atoms with Gasteiger partial charge in [-0.2, -0.15) is 0 Å². The highest BCUT2D eigenvalue weighted by atomic mass is 16.6. The average Bonchev–Trinajstić information content (AvgIpc) is 3.18. The van der Waals surface area contributed by atoms with Gasteiger partial charge in [-0.05, 0) is 12.1 Å². The lowest BCUT2D eigenvalue weighted by atomic mass is 10.2. The number of nitrogens with zero attached hydrogens (tertiary/aromatic N) is 3. The minimum atomic E-state index is -0.570. The zero-order valence-electron chi connectivity index (χ0n) is 12.2. The van der Waals surface area contributed by atoms with Gasteiger partial charge in [0.25, 0.3) is 5.91 Å². The lowest BCUT2D eigenvalue weighted by Gasteiger charge is -2.35. The van der Waals surface area contributed by atoms with Crippen LogP contribution >= 0.6 is 0 Å². The quantitative estimate of drug-likeness (QED) is 0.769. The molecule has 3 amide bonds. The van der Waals surface area contributed by atoms with Crippen LogP contribution in [0, 0.1) is 0 Å². The van der Waals surface area contributed by atoms with Crippen molar-refractivity contribution in [3.8, 4) is 0 Å². The summed E-state index contributed by atoms with van der Waals surface area (Å²) in [7, 11) is 1.55. The smallest absolute Gasteiger partial charge is 0.410 e. The van der Waals surface area contributed by atoms with E-state index in [4.69, 9.17) is 9.15 Å². The van der Waals surface area contributed by atoms with Crippen LogP contribution in [0.3, 0.4) is 0 Å². The van der Waals surface area contributed by atoms with Gasteiger partial charge in [0.15, 0.2) is 5.76 Å². The maximum Gasteiger partial charge on any atom is 0.410 e. The molecule has 0 aliphatic carbocycles. The van der Waals surface area contributed by atoms with E-state index in [2.05, 4.69) is 0 Å². The number of likely N-dealkylation sites (N-methyl/N-ethyl adjacent to an activating group) is 1. The van der Waals surface area contributed by atoms with Gasteiger partial charge >= 0.3 is 6.09 Å². The molecule has 3 heterocycles. The molecule has 1 aromatic rings. The van der Waals surface area contributed by atoms with Crippen molar-refractivity contribution in [2.24, 2.45) is 0 Å². The van der Waals surface area contributed by atoms with Crippen LogP contribution in [0.25, 0.3) is 0 Å². The van der Waals surface area contributed by atoms with Gasteiger partial charge in [-0.3, -0.25) is 14.5 Å². The van der Waals surface area contributed by atoms with Crippen LogP contribution in [-0.2, 0) is 9.53 Å². The SMILES string of the molecule is CN1C(=O)OCC1C(=O)N1CCN(C(=O)c2ccco2)CC1. The molecule has 0 radical (unpaired) electrons. The Balaban J connectivity index is 1.57. The number of furan rings is 1. The number of piperazine rings is 1. The molecule has 2 fully saturated rings. The third-order valence-electron chi connectivity index (χ3n) is 4.02. The van der Waals surface area contributed by atoms with Crippen LogP contribution in [0.15, 0.2) is 22.8 Å². The number of carbonyl (C=O) groups is 3. The summed E-state index contributed by atoms with van der Waals surface area (Å²) in [5, 5.41) is 0. The molecule has 0 spiro atoms. The molecule has 0 aromatic carbocycles. The Morgan fingerprint density at radius 3 is 2.41 bits per heavy atom. The molecule has 8 heteroatoms. The molecule has 0 saturated carbocycles. The molecule has 0 N–H and O–H groups in total. The molecule has 3 rings (SSSR count). The Bertz CT molecular complexity index is 577. The van der Waals surface area contributed by atoms with Crippen molar-refractivity contribution in [3.63, 3.8) is 0 Å². The topological polar surface area (TPSA) is 83.3 Å². The van der Waals surface area contributed by atoms with Crippen molar-refractivity contribution in [1.82, 2.24) is 14.7 Å². The van der Waals surface area contributed by atoms with Crippen LogP contribution in [0.1, 0.15) is 10.6 Å². The predicted molar refractivity (Wildman–Crippen MR) is 74.1 cm³/mol. The van der Waals surface area contributed by atoms with Gasteiger partial charge in [-0.25, -0.2) is 4.79 Å². The highest BCUT2D eigenvalue weighted by Gasteiger charge is 2.38. The van der Waals surface area contributed by atoms with Crippen LogP contribution in [-0.4, -0.2) is 78.5 Å². The third kappa shape index (κ3) is 2.51. The zero-order valence-corrected chi connectivity index (χ0v) is 12.2. The molecule has 22 heavy (non-hydrogen) atoms. The molecule has 1 unspecified atom stereocenters. The lowest BCUT2D eigenvalue weighted by Crippen LogP contribution is -2.55. The summed E-state index contributed by atoms with van der Waals surface area (Å²) in [5.41, 5.74) is 0. The van der Waals surface area contributed by atoms with E-state index >= 15 is 0 Å². The lowest BCUT2D eigenvalue weighted by molar-refractivity contribution is -0.136. The number of amides is 3. The maximum atomic E-state index is 12.4. The second-order valence-corrected chi connectivity index (χ2v) is 5.30. The number of hydrogen-bond donors (Lipinski definition) is 0. The van der Waals surface area contributed by atoms with Crippen LogP contribution in [0.5, 0.6) is 0 Å². The second-order valence-electron chi connectivity index (χ2n) is 5.30. The first kappa shape index (κ1) is 14.4. The molecule has 2 aliphatic heterocycles. The Hall–Kier alpha value is -2.51. The first-order valence-corrected chi connectivity index (χ1v) is 7.09. The normalized spacial score (nSPS) is 22.0. The molecule has 118 valence electrons. The number of rotatable bonds is 2. The maximum absolute atomic E-state index is 12.4. The molecule has 2 aliphatic rings. The van der Waals surface area contributed by atoms with E-state index in [0.717, 1.165) is 0 Å². The summed E-state index contributed by atoms with van der Waals surface area (Å²) >= 11 is 0. The molecule has 1 atom stereocenters. The Morgan fingerprint density at radius 1 is 1.18 bits per heavy atom. The zero-order chi connectivity index (χ0) is 15.7. The average molecular weight is 307 g/mol. The first-order chi connectivity index (χ1) is 10.6. The van der Waals surface area contributed by atoms with E-state index in [1.807, 2.05) is 0 Å². The van der Waals surface area contributed by atoms with Crippen molar-refractivity contribution in [1.29, 1.82) is 0 Å². The molecular formula is C14H17N3O5. The fraction of sp³-hybridized carbons (Fsp3) is 0.500. The fourth-order valence-corrected chi connectivity index (χ4v) is 2.62. The van der Waals surface area contributed by atoms with Crippen molar-refractivity contribution in [2.75, 3.05) is 39.8 Å². The van der Waals surface area contributed by atoms with Crippen LogP contribution < -0.4 is 0 Å². The van der Waals surface area contributed by atoms with Gasteiger partial charge in [-0.15, -0.1) is 0 Å². The van der Waals surface area contributed by atoms with E-state index in [-0.39, 0.29) is 18.4 Å². The van der Waals surface area contributed by atoms with Gasteiger partial charge in [0.2, 0.25) is 5.91 Å². The highest BCUT2D eigenvalue weighted by Crippen LogP contribution is 2.15. The monoisotopic (exact) mass is 307 g/mol. The Labute approximate surface area is 127 Å². The number of cyclic esters (lactones) is 1. The predicted octanol–water partition coefficient (Wildman–Crippen LogP) is 0.0146. The van der Waals surface area contributed by atoms with E-state index in [1.165, 1.54) is 11.2 Å². The highest BCUT2D eigenvalue weighted by molar-refractivity contribution is 5.92. The summed E-state index contributed by atoms with van der Waals surface area (Å²) in [5.74, 6) is -0.0126. The minimum Gasteiger partial charge on any atom is -0.459 e. The summed E-state index contributed by atoms with van der Waals surface area (Å²) in [6.07, 6.45) is 0.977. The Kier molecular flexibility index (Phi) is 3.74. The van der Waals surface area contributed by atoms with Gasteiger partial charge in [0.1, 0.15) is 12.6 Å². The number of ether oxygens (including phenoxy) is 1. The standard InChI is InChI=1S/C14H17N3O5/c1-15-10(9-22-14(15)20)12(18)16-4-6-17(7-5-16)13(19)11-3-2-8-21-11/h2-3,8,10H,4-7,9H2,1H3. The van der Waals surface area contributed by atoms with Crippen LogP contribution in [0.2, 0.25) is 0 Å². The number of hydrogen-bond acceptors (Lipinski definition) is 5. The molecular weight excluding hydrogens is 290 g/mol. The summed E-state index contributed by atoms with van der Waals surface area (Å²) in [6, 6.07) is 2.72. The van der Waals surface area contributed by atoms with E-state index in [1.54, 1.807) is 29.0 Å². The third-order valence-corrected chi connectivity index (χ3v) is 4.02. The minimum absolute atomic E-state index is 0.0830. The summed E-state index contributed by atoms with van der Waals surface area (Å²) in [4.78, 5) is 40.5. The van der Waals surface area contributed by atoms with Gasteiger partial charge in [0.05, 0.1) is 6.26 Å². The summed E-state index contributed by atoms with van der Waals surface area (Å²) in [6.45, 7) is 1.83. The van der Waals surface area contributed by atoms with Crippen molar-refractivity contribution in [3.05, 3.63) is 24.2 Å². The second kappa shape index (κ2) is 5.70. The molecule has 2 saturated heterocycles.